The second-order valence-electron chi connectivity index (χ2n) is 10.1. The summed E-state index contributed by atoms with van der Waals surface area (Å²) in [5.41, 5.74) is 2.74. The lowest BCUT2D eigenvalue weighted by molar-refractivity contribution is -0.192. The van der Waals surface area contributed by atoms with Gasteiger partial charge in [-0.25, -0.2) is 4.79 Å². The molecule has 0 atom stereocenters. The molecule has 2 saturated heterocycles. The number of amides is 1. The molecular formula is C25H33F3N6O3. The van der Waals surface area contributed by atoms with Crippen LogP contribution in [0.3, 0.4) is 0 Å². The monoisotopic (exact) mass is 522 g/mol. The molecule has 1 amide bonds. The molecular weight excluding hydrogens is 489 g/mol. The third-order valence-corrected chi connectivity index (χ3v) is 7.28. The molecule has 2 aliphatic heterocycles. The number of likely N-dealkylation sites (tertiary alicyclic amines) is 1. The van der Waals surface area contributed by atoms with Crippen molar-refractivity contribution in [1.82, 2.24) is 24.6 Å². The van der Waals surface area contributed by atoms with Gasteiger partial charge < -0.3 is 10.0 Å². The van der Waals surface area contributed by atoms with Gasteiger partial charge in [0.25, 0.3) is 0 Å². The molecule has 37 heavy (non-hydrogen) atoms. The molecule has 4 heterocycles. The fraction of sp³-hybridized carbons (Fsp3) is 0.600. The third-order valence-electron chi connectivity index (χ3n) is 7.28. The second-order valence-corrected chi connectivity index (χ2v) is 10.1. The number of anilines is 1. The van der Waals surface area contributed by atoms with E-state index in [2.05, 4.69) is 32.0 Å². The summed E-state index contributed by atoms with van der Waals surface area (Å²) in [7, 11) is 1.91. The number of carboxylic acid groups (broad SMARTS) is 1. The number of aromatic nitrogens is 3. The first-order valence-corrected chi connectivity index (χ1v) is 12.5. The Balaban J connectivity index is 0.000000405. The van der Waals surface area contributed by atoms with Crippen LogP contribution >= 0.6 is 0 Å². The average Bonchev–Trinajstić information content (AvgIpc) is 3.56. The normalized spacial score (nSPS) is 20.6. The number of hydrogen-bond acceptors (Lipinski definition) is 6. The van der Waals surface area contributed by atoms with E-state index in [4.69, 9.17) is 9.90 Å². The van der Waals surface area contributed by atoms with Crippen LogP contribution in [0.2, 0.25) is 0 Å². The number of pyridine rings is 1. The second kappa shape index (κ2) is 10.8. The van der Waals surface area contributed by atoms with Crippen molar-refractivity contribution < 1.29 is 27.9 Å². The van der Waals surface area contributed by atoms with Gasteiger partial charge in [0.2, 0.25) is 5.91 Å². The highest BCUT2D eigenvalue weighted by molar-refractivity contribution is 6.01. The number of alkyl halides is 3. The van der Waals surface area contributed by atoms with E-state index in [0.717, 1.165) is 75.1 Å². The zero-order valence-electron chi connectivity index (χ0n) is 21.1. The smallest absolute Gasteiger partial charge is 0.475 e. The van der Waals surface area contributed by atoms with E-state index in [1.807, 2.05) is 37.3 Å². The highest BCUT2D eigenvalue weighted by Crippen LogP contribution is 2.39. The Morgan fingerprint density at radius 3 is 2.38 bits per heavy atom. The first-order chi connectivity index (χ1) is 17.5. The van der Waals surface area contributed by atoms with Gasteiger partial charge in [-0.15, -0.1) is 0 Å². The van der Waals surface area contributed by atoms with Crippen molar-refractivity contribution in [2.45, 2.75) is 50.9 Å². The first-order valence-electron chi connectivity index (χ1n) is 12.5. The van der Waals surface area contributed by atoms with Crippen LogP contribution in [-0.4, -0.2) is 86.0 Å². The van der Waals surface area contributed by atoms with Crippen molar-refractivity contribution in [3.63, 3.8) is 0 Å². The number of piperidine rings is 1. The third kappa shape index (κ3) is 6.48. The van der Waals surface area contributed by atoms with Gasteiger partial charge in [0.15, 0.2) is 0 Å². The average molecular weight is 523 g/mol. The molecule has 0 bridgehead atoms. The summed E-state index contributed by atoms with van der Waals surface area (Å²) in [6.07, 6.45) is 3.11. The van der Waals surface area contributed by atoms with Crippen LogP contribution in [0.5, 0.6) is 0 Å². The van der Waals surface area contributed by atoms with E-state index >= 15 is 0 Å². The number of aryl methyl sites for hydroxylation is 2. The van der Waals surface area contributed by atoms with Gasteiger partial charge in [-0.1, -0.05) is 6.07 Å². The molecule has 12 heteroatoms. The molecule has 2 aromatic rings. The molecule has 1 saturated carbocycles. The minimum Gasteiger partial charge on any atom is -0.475 e. The van der Waals surface area contributed by atoms with E-state index in [-0.39, 0.29) is 11.4 Å². The summed E-state index contributed by atoms with van der Waals surface area (Å²) in [6, 6.07) is 6.22. The first kappa shape index (κ1) is 27.1. The molecule has 2 aromatic heterocycles. The topological polar surface area (TPSA) is 94.8 Å². The van der Waals surface area contributed by atoms with Gasteiger partial charge in [0, 0.05) is 58.2 Å². The van der Waals surface area contributed by atoms with Crippen LogP contribution in [0.25, 0.3) is 0 Å². The molecule has 9 nitrogen and oxygen atoms in total. The van der Waals surface area contributed by atoms with E-state index < -0.39 is 12.1 Å². The predicted octanol–water partition coefficient (Wildman–Crippen LogP) is 2.85. The fourth-order valence-electron chi connectivity index (χ4n) is 5.12. The largest absolute Gasteiger partial charge is 0.490 e. The molecule has 1 spiro atoms. The van der Waals surface area contributed by atoms with E-state index in [9.17, 15) is 18.0 Å². The number of carboxylic acids is 1. The number of piperazine rings is 1. The Kier molecular flexibility index (Phi) is 7.88. The minimum atomic E-state index is -5.08. The van der Waals surface area contributed by atoms with Gasteiger partial charge in [-0.3, -0.25) is 24.3 Å². The highest BCUT2D eigenvalue weighted by atomic mass is 19.4. The van der Waals surface area contributed by atoms with Crippen molar-refractivity contribution in [1.29, 1.82) is 0 Å². The highest BCUT2D eigenvalue weighted by Gasteiger charge is 2.52. The van der Waals surface area contributed by atoms with Crippen LogP contribution in [0.4, 0.5) is 18.9 Å². The molecule has 5 rings (SSSR count). The van der Waals surface area contributed by atoms with E-state index in [1.54, 1.807) is 4.68 Å². The van der Waals surface area contributed by atoms with Crippen molar-refractivity contribution in [3.8, 4) is 0 Å². The van der Waals surface area contributed by atoms with Crippen LogP contribution in [0.1, 0.15) is 37.1 Å². The summed E-state index contributed by atoms with van der Waals surface area (Å²) in [4.78, 5) is 34.4. The van der Waals surface area contributed by atoms with Crippen LogP contribution in [-0.2, 0) is 23.2 Å². The number of rotatable bonds is 5. The van der Waals surface area contributed by atoms with E-state index in [1.165, 1.54) is 12.8 Å². The summed E-state index contributed by atoms with van der Waals surface area (Å²) < 4.78 is 33.5. The minimum absolute atomic E-state index is 0.274. The molecule has 0 aromatic carbocycles. The Labute approximate surface area is 213 Å². The Morgan fingerprint density at radius 2 is 1.84 bits per heavy atom. The molecule has 1 N–H and O–H groups in total. The Bertz CT molecular complexity index is 1110. The van der Waals surface area contributed by atoms with Crippen molar-refractivity contribution >= 4 is 17.6 Å². The van der Waals surface area contributed by atoms with Gasteiger partial charge in [0.1, 0.15) is 5.54 Å². The summed E-state index contributed by atoms with van der Waals surface area (Å²) in [5.74, 6) is -1.70. The van der Waals surface area contributed by atoms with Gasteiger partial charge >= 0.3 is 12.1 Å². The lowest BCUT2D eigenvalue weighted by Crippen LogP contribution is -2.69. The van der Waals surface area contributed by atoms with Gasteiger partial charge in [-0.05, 0) is 50.7 Å². The molecule has 3 aliphatic rings. The van der Waals surface area contributed by atoms with E-state index in [0.29, 0.717) is 0 Å². The van der Waals surface area contributed by atoms with Crippen molar-refractivity contribution in [2.75, 3.05) is 37.6 Å². The number of carbonyl (C=O) groups is 2. The number of nitrogens with zero attached hydrogens (tertiary/aromatic N) is 6. The lowest BCUT2D eigenvalue weighted by Gasteiger charge is -2.52. The van der Waals surface area contributed by atoms with Crippen molar-refractivity contribution in [2.24, 2.45) is 13.0 Å². The quantitative estimate of drug-likeness (QED) is 0.645. The lowest BCUT2D eigenvalue weighted by atomic mass is 9.82. The molecule has 0 radical (unpaired) electrons. The number of halogens is 3. The van der Waals surface area contributed by atoms with Crippen LogP contribution in [0, 0.1) is 12.8 Å². The standard InChI is InChI=1S/C23H32N6O.C2HF3O2/c1-18-4-3-5-20(25-18)16-27-10-8-23(9-11-27)22(30)29(21-14-24-26(2)17-21)13-12-28(23)15-19-6-7-19;3-2(4,5)1(6)7/h3-5,14,17,19H,6-13,15-16H2,1-2H3;(H,6,7). The molecule has 3 fully saturated rings. The molecule has 202 valence electrons. The number of aliphatic carboxylic acids is 1. The number of carbonyl (C=O) groups excluding carboxylic acids is 1. The van der Waals surface area contributed by atoms with Gasteiger partial charge in [0.05, 0.1) is 17.6 Å². The Hall–Kier alpha value is -2.99. The maximum absolute atomic E-state index is 13.9. The van der Waals surface area contributed by atoms with Crippen LogP contribution < -0.4 is 4.90 Å². The summed E-state index contributed by atoms with van der Waals surface area (Å²) in [6.45, 7) is 7.56. The maximum Gasteiger partial charge on any atom is 0.490 e. The molecule has 1 aliphatic carbocycles. The zero-order chi connectivity index (χ0) is 26.8. The van der Waals surface area contributed by atoms with Gasteiger partial charge in [-0.2, -0.15) is 18.3 Å². The SMILES string of the molecule is Cc1cccc(CN2CCC3(CC2)C(=O)N(c2cnn(C)c2)CCN3CC2CC2)n1.O=C(O)C(F)(F)F. The zero-order valence-corrected chi connectivity index (χ0v) is 21.1. The predicted molar refractivity (Wildman–Crippen MR) is 130 cm³/mol. The number of hydrogen-bond donors (Lipinski definition) is 1. The Morgan fingerprint density at radius 1 is 1.16 bits per heavy atom. The molecule has 0 unspecified atom stereocenters. The van der Waals surface area contributed by atoms with Crippen molar-refractivity contribution in [3.05, 3.63) is 42.0 Å². The summed E-state index contributed by atoms with van der Waals surface area (Å²) in [5, 5.41) is 11.4. The fourth-order valence-corrected chi connectivity index (χ4v) is 5.12. The summed E-state index contributed by atoms with van der Waals surface area (Å²) >= 11 is 0. The maximum atomic E-state index is 13.9. The van der Waals surface area contributed by atoms with Crippen LogP contribution in [0.15, 0.2) is 30.6 Å².